The van der Waals surface area contributed by atoms with E-state index < -0.39 is 0 Å². The van der Waals surface area contributed by atoms with Crippen LogP contribution in [0.15, 0.2) is 18.2 Å². The van der Waals surface area contributed by atoms with Crippen LogP contribution in [0.1, 0.15) is 43.1 Å². The number of amides is 1. The van der Waals surface area contributed by atoms with Crippen molar-refractivity contribution in [2.45, 2.75) is 40.2 Å². The van der Waals surface area contributed by atoms with Crippen molar-refractivity contribution >= 4 is 11.6 Å². The molecule has 0 aromatic heterocycles. The van der Waals surface area contributed by atoms with Crippen LogP contribution in [0.3, 0.4) is 0 Å². The minimum absolute atomic E-state index is 0.0287. The fourth-order valence-corrected chi connectivity index (χ4v) is 1.98. The predicted octanol–water partition coefficient (Wildman–Crippen LogP) is 3.31. The summed E-state index contributed by atoms with van der Waals surface area (Å²) in [5, 5.41) is 3.34. The van der Waals surface area contributed by atoms with Crippen molar-refractivity contribution in [3.63, 3.8) is 0 Å². The Bertz CT molecular complexity index is 458. The van der Waals surface area contributed by atoms with Crippen LogP contribution in [0.2, 0.25) is 0 Å². The molecule has 4 heteroatoms. The summed E-state index contributed by atoms with van der Waals surface area (Å²) >= 11 is 0. The first-order valence-electron chi connectivity index (χ1n) is 7.67. The number of ether oxygens (including phenoxy) is 1. The Morgan fingerprint density at radius 3 is 2.71 bits per heavy atom. The van der Waals surface area contributed by atoms with Crippen LogP contribution in [0.5, 0.6) is 0 Å². The van der Waals surface area contributed by atoms with Crippen molar-refractivity contribution in [3.05, 3.63) is 29.3 Å². The molecule has 1 rings (SSSR count). The van der Waals surface area contributed by atoms with E-state index in [1.165, 1.54) is 0 Å². The van der Waals surface area contributed by atoms with Crippen molar-refractivity contribution in [3.8, 4) is 0 Å². The van der Waals surface area contributed by atoms with Crippen molar-refractivity contribution in [1.82, 2.24) is 4.90 Å². The highest BCUT2D eigenvalue weighted by Gasteiger charge is 2.15. The van der Waals surface area contributed by atoms with Gasteiger partial charge < -0.3 is 15.0 Å². The van der Waals surface area contributed by atoms with E-state index in [2.05, 4.69) is 12.2 Å². The van der Waals surface area contributed by atoms with Gasteiger partial charge in [-0.2, -0.15) is 0 Å². The molecule has 0 radical (unpaired) electrons. The summed E-state index contributed by atoms with van der Waals surface area (Å²) in [6.45, 7) is 10.2. The number of anilines is 1. The Morgan fingerprint density at radius 1 is 1.38 bits per heavy atom. The van der Waals surface area contributed by atoms with Gasteiger partial charge in [-0.1, -0.05) is 13.0 Å². The molecule has 118 valence electrons. The normalized spacial score (nSPS) is 10.8. The second kappa shape index (κ2) is 8.67. The van der Waals surface area contributed by atoms with Crippen LogP contribution in [0.4, 0.5) is 5.69 Å². The van der Waals surface area contributed by atoms with E-state index in [9.17, 15) is 4.79 Å². The lowest BCUT2D eigenvalue weighted by Crippen LogP contribution is -2.31. The first-order valence-corrected chi connectivity index (χ1v) is 7.67. The summed E-state index contributed by atoms with van der Waals surface area (Å²) in [6.07, 6.45) is 1.22. The number of aryl methyl sites for hydroxylation is 1. The minimum Gasteiger partial charge on any atom is -0.384 e. The molecule has 0 heterocycles. The second-order valence-electron chi connectivity index (χ2n) is 5.62. The lowest BCUT2D eigenvalue weighted by atomic mass is 10.1. The Kier molecular flexibility index (Phi) is 7.23. The quantitative estimate of drug-likeness (QED) is 0.799. The molecule has 1 amide bonds. The summed E-state index contributed by atoms with van der Waals surface area (Å²) in [5.41, 5.74) is 2.79. The maximum absolute atomic E-state index is 12.5. The van der Waals surface area contributed by atoms with Crippen molar-refractivity contribution in [2.75, 3.05) is 32.1 Å². The first-order chi connectivity index (χ1) is 9.95. The number of hydrogen-bond acceptors (Lipinski definition) is 3. The average Bonchev–Trinajstić information content (AvgIpc) is 2.44. The molecule has 0 aliphatic rings. The molecule has 0 fully saturated rings. The number of nitrogens with one attached hydrogen (secondary N) is 1. The predicted molar refractivity (Wildman–Crippen MR) is 88.0 cm³/mol. The first kappa shape index (κ1) is 17.5. The lowest BCUT2D eigenvalue weighted by Gasteiger charge is -2.20. The number of rotatable bonds is 8. The van der Waals surface area contributed by atoms with Gasteiger partial charge in [0.25, 0.3) is 5.91 Å². The SMILES string of the molecule is CCCNc1cc(C)ccc1C(=O)N(C)CCOC(C)C. The number of nitrogens with zero attached hydrogens (tertiary/aromatic N) is 1. The molecule has 0 saturated heterocycles. The summed E-state index contributed by atoms with van der Waals surface area (Å²) < 4.78 is 5.50. The fraction of sp³-hybridized carbons (Fsp3) is 0.588. The van der Waals surface area contributed by atoms with Crippen LogP contribution in [-0.4, -0.2) is 43.7 Å². The van der Waals surface area contributed by atoms with Crippen molar-refractivity contribution in [2.24, 2.45) is 0 Å². The average molecular weight is 292 g/mol. The van der Waals surface area contributed by atoms with Gasteiger partial charge in [-0.05, 0) is 44.9 Å². The Balaban J connectivity index is 2.75. The Hall–Kier alpha value is -1.55. The smallest absolute Gasteiger partial charge is 0.255 e. The van der Waals surface area contributed by atoms with E-state index in [-0.39, 0.29) is 12.0 Å². The van der Waals surface area contributed by atoms with E-state index in [0.29, 0.717) is 13.2 Å². The third-order valence-corrected chi connectivity index (χ3v) is 3.20. The number of likely N-dealkylation sites (N-methyl/N-ethyl adjacent to an activating group) is 1. The zero-order valence-electron chi connectivity index (χ0n) is 13.9. The molecule has 1 aromatic rings. The molecule has 1 aromatic carbocycles. The molecule has 0 bridgehead atoms. The van der Waals surface area contributed by atoms with Crippen LogP contribution in [0.25, 0.3) is 0 Å². The van der Waals surface area contributed by atoms with Gasteiger partial charge in [0.05, 0.1) is 18.3 Å². The van der Waals surface area contributed by atoms with Crippen molar-refractivity contribution < 1.29 is 9.53 Å². The molecule has 0 atom stereocenters. The van der Waals surface area contributed by atoms with Gasteiger partial charge in [0.2, 0.25) is 0 Å². The molecular weight excluding hydrogens is 264 g/mol. The van der Waals surface area contributed by atoms with E-state index in [0.717, 1.165) is 29.8 Å². The maximum atomic E-state index is 12.5. The van der Waals surface area contributed by atoms with Crippen molar-refractivity contribution in [1.29, 1.82) is 0 Å². The van der Waals surface area contributed by atoms with Gasteiger partial charge in [-0.3, -0.25) is 4.79 Å². The second-order valence-corrected chi connectivity index (χ2v) is 5.62. The molecular formula is C17H28N2O2. The van der Waals surface area contributed by atoms with E-state index in [4.69, 9.17) is 4.74 Å². The van der Waals surface area contributed by atoms with Gasteiger partial charge in [-0.15, -0.1) is 0 Å². The van der Waals surface area contributed by atoms with E-state index in [1.54, 1.807) is 4.90 Å². The summed E-state index contributed by atoms with van der Waals surface area (Å²) in [6, 6.07) is 5.90. The van der Waals surface area contributed by atoms with E-state index in [1.807, 2.05) is 46.0 Å². The minimum atomic E-state index is 0.0287. The third kappa shape index (κ3) is 5.76. The molecule has 0 spiro atoms. The van der Waals surface area contributed by atoms with E-state index >= 15 is 0 Å². The monoisotopic (exact) mass is 292 g/mol. The summed E-state index contributed by atoms with van der Waals surface area (Å²) in [4.78, 5) is 14.3. The highest BCUT2D eigenvalue weighted by atomic mass is 16.5. The Morgan fingerprint density at radius 2 is 2.10 bits per heavy atom. The van der Waals surface area contributed by atoms with Gasteiger partial charge in [0.15, 0.2) is 0 Å². The zero-order chi connectivity index (χ0) is 15.8. The number of hydrogen-bond donors (Lipinski definition) is 1. The van der Waals surface area contributed by atoms with Crippen LogP contribution in [0, 0.1) is 6.92 Å². The topological polar surface area (TPSA) is 41.6 Å². The lowest BCUT2D eigenvalue weighted by molar-refractivity contribution is 0.0532. The Labute approximate surface area is 128 Å². The molecule has 0 unspecified atom stereocenters. The summed E-state index contributed by atoms with van der Waals surface area (Å²) in [7, 11) is 1.81. The van der Waals surface area contributed by atoms with Crippen LogP contribution in [-0.2, 0) is 4.74 Å². The zero-order valence-corrected chi connectivity index (χ0v) is 13.9. The van der Waals surface area contributed by atoms with Gasteiger partial charge in [-0.25, -0.2) is 0 Å². The number of carbonyl (C=O) groups excluding carboxylic acids is 1. The summed E-state index contributed by atoms with van der Waals surface area (Å²) in [5.74, 6) is 0.0287. The number of carbonyl (C=O) groups is 1. The largest absolute Gasteiger partial charge is 0.384 e. The van der Waals surface area contributed by atoms with Crippen LogP contribution >= 0.6 is 0 Å². The molecule has 4 nitrogen and oxygen atoms in total. The highest BCUT2D eigenvalue weighted by molar-refractivity contribution is 5.99. The molecule has 21 heavy (non-hydrogen) atoms. The molecule has 0 aliphatic carbocycles. The molecule has 0 aliphatic heterocycles. The number of benzene rings is 1. The molecule has 1 N–H and O–H groups in total. The van der Waals surface area contributed by atoms with Gasteiger partial charge >= 0.3 is 0 Å². The fourth-order valence-electron chi connectivity index (χ4n) is 1.98. The van der Waals surface area contributed by atoms with Gasteiger partial charge in [0.1, 0.15) is 0 Å². The van der Waals surface area contributed by atoms with Crippen LogP contribution < -0.4 is 5.32 Å². The van der Waals surface area contributed by atoms with Gasteiger partial charge in [0, 0.05) is 25.8 Å². The maximum Gasteiger partial charge on any atom is 0.255 e. The highest BCUT2D eigenvalue weighted by Crippen LogP contribution is 2.19. The molecule has 0 saturated carbocycles. The third-order valence-electron chi connectivity index (χ3n) is 3.20. The standard InChI is InChI=1S/C17H28N2O2/c1-6-9-18-16-12-14(4)7-8-15(16)17(20)19(5)10-11-21-13(2)3/h7-8,12-13,18H,6,9-11H2,1-5H3.